The van der Waals surface area contributed by atoms with Gasteiger partial charge in [-0.3, -0.25) is 38.8 Å². The molecule has 1 aliphatic rings. The van der Waals surface area contributed by atoms with Crippen LogP contribution in [0, 0.1) is 0 Å². The van der Waals surface area contributed by atoms with Crippen LogP contribution in [0.5, 0.6) is 0 Å². The van der Waals surface area contributed by atoms with Gasteiger partial charge in [-0.05, 0) is 6.07 Å². The molecule has 0 bridgehead atoms. The number of aromatic nitrogens is 1. The summed E-state index contributed by atoms with van der Waals surface area (Å²) in [6, 6.07) is 4.36. The number of rotatable bonds is 8. The van der Waals surface area contributed by atoms with Crippen molar-refractivity contribution in [3.8, 4) is 0 Å². The zero-order chi connectivity index (χ0) is 24.4. The first-order valence-corrected chi connectivity index (χ1v) is 10.6. The normalized spacial score (nSPS) is 18.3. The summed E-state index contributed by atoms with van der Waals surface area (Å²) in [5.41, 5.74) is -0.211. The maximum Gasteiger partial charge on any atom is 0.317 e. The predicted molar refractivity (Wildman–Crippen MR) is 115 cm³/mol. The van der Waals surface area contributed by atoms with Crippen LogP contribution in [0.1, 0.15) is 5.69 Å². The van der Waals surface area contributed by atoms with Crippen molar-refractivity contribution in [1.29, 1.82) is 0 Å². The molecule has 0 atom stereocenters. The molecule has 1 fully saturated rings. The van der Waals surface area contributed by atoms with Gasteiger partial charge in [-0.15, -0.1) is 0 Å². The van der Waals surface area contributed by atoms with E-state index in [0.29, 0.717) is 62.8 Å². The third kappa shape index (κ3) is 9.57. The summed E-state index contributed by atoms with van der Waals surface area (Å²) in [5.74, 6) is -3.02. The number of pyridine rings is 1. The van der Waals surface area contributed by atoms with E-state index in [2.05, 4.69) is 0 Å². The van der Waals surface area contributed by atoms with Gasteiger partial charge in [-0.2, -0.15) is 4.73 Å². The molecule has 1 aliphatic heterocycles. The van der Waals surface area contributed by atoms with E-state index < -0.39 is 23.5 Å². The van der Waals surface area contributed by atoms with Crippen LogP contribution in [0.2, 0.25) is 0 Å². The molecular weight excluding hydrogens is 438 g/mol. The molecule has 33 heavy (non-hydrogen) atoms. The van der Waals surface area contributed by atoms with Crippen molar-refractivity contribution in [3.05, 3.63) is 34.2 Å². The van der Waals surface area contributed by atoms with Gasteiger partial charge < -0.3 is 20.5 Å². The average Bonchev–Trinajstić information content (AvgIpc) is 2.72. The molecule has 0 aromatic carbocycles. The van der Waals surface area contributed by atoms with E-state index in [1.165, 1.54) is 12.1 Å². The van der Waals surface area contributed by atoms with E-state index in [-0.39, 0.29) is 26.2 Å². The second kappa shape index (κ2) is 12.9. The Hall–Kier alpha value is -3.00. The van der Waals surface area contributed by atoms with Gasteiger partial charge in [0.2, 0.25) is 0 Å². The maximum absolute atomic E-state index is 11.7. The molecule has 13 heteroatoms. The lowest BCUT2D eigenvalue weighted by Gasteiger charge is -2.33. The summed E-state index contributed by atoms with van der Waals surface area (Å²) in [5, 5.41) is 37.7. The Morgan fingerprint density at radius 3 is 1.39 bits per heavy atom. The van der Waals surface area contributed by atoms with E-state index in [1.54, 1.807) is 20.8 Å². The van der Waals surface area contributed by atoms with E-state index in [4.69, 9.17) is 0 Å². The standard InChI is InChI=1S/C20H31N5O8/c26-17-3-1-2-16(25(17)33)12-21-4-6-22(13-18(27)28)8-10-24(15-20(31)32)11-9-23(7-5-21)14-19(29)30/h1-3,33H,4-15H2,(H,27,28)(H,29,30)(H,31,32). The molecule has 4 N–H and O–H groups in total. The van der Waals surface area contributed by atoms with Gasteiger partial charge >= 0.3 is 17.9 Å². The predicted octanol–water partition coefficient (Wildman–Crippen LogP) is -1.94. The highest BCUT2D eigenvalue weighted by Gasteiger charge is 2.20. The zero-order valence-corrected chi connectivity index (χ0v) is 18.4. The molecule has 2 heterocycles. The minimum Gasteiger partial charge on any atom is -0.480 e. The molecule has 0 amide bonds. The van der Waals surface area contributed by atoms with Gasteiger partial charge in [0.1, 0.15) is 0 Å². The number of hydrogen-bond acceptors (Lipinski definition) is 9. The van der Waals surface area contributed by atoms with Crippen LogP contribution < -0.4 is 5.56 Å². The third-order valence-electron chi connectivity index (χ3n) is 5.40. The van der Waals surface area contributed by atoms with Crippen LogP contribution in [0.25, 0.3) is 0 Å². The van der Waals surface area contributed by atoms with Crippen LogP contribution in [0.4, 0.5) is 0 Å². The van der Waals surface area contributed by atoms with Crippen LogP contribution >= 0.6 is 0 Å². The monoisotopic (exact) mass is 469 g/mol. The van der Waals surface area contributed by atoms with Gasteiger partial charge in [0, 0.05) is 65.0 Å². The summed E-state index contributed by atoms with van der Waals surface area (Å²) in [7, 11) is 0. The summed E-state index contributed by atoms with van der Waals surface area (Å²) >= 11 is 0. The number of hydrogen-bond donors (Lipinski definition) is 4. The highest BCUT2D eigenvalue weighted by molar-refractivity contribution is 5.69. The van der Waals surface area contributed by atoms with Crippen molar-refractivity contribution in [1.82, 2.24) is 24.3 Å². The summed E-state index contributed by atoms with van der Waals surface area (Å²) in [6.07, 6.45) is 0. The molecule has 13 nitrogen and oxygen atoms in total. The van der Waals surface area contributed by atoms with Crippen LogP contribution in [0.3, 0.4) is 0 Å². The maximum atomic E-state index is 11.7. The Labute approximate surface area is 190 Å². The Morgan fingerprint density at radius 1 is 0.667 bits per heavy atom. The van der Waals surface area contributed by atoms with Crippen molar-refractivity contribution in [2.75, 3.05) is 72.0 Å². The Kier molecular flexibility index (Phi) is 10.3. The Bertz CT molecular complexity index is 844. The second-order valence-electron chi connectivity index (χ2n) is 7.95. The fourth-order valence-electron chi connectivity index (χ4n) is 3.66. The minimum atomic E-state index is -1.01. The van der Waals surface area contributed by atoms with Gasteiger partial charge in [-0.25, -0.2) is 0 Å². The molecular formula is C20H31N5O8. The van der Waals surface area contributed by atoms with Crippen molar-refractivity contribution in [2.24, 2.45) is 0 Å². The van der Waals surface area contributed by atoms with Crippen LogP contribution in [-0.4, -0.2) is 135 Å². The smallest absolute Gasteiger partial charge is 0.317 e. The highest BCUT2D eigenvalue weighted by atomic mass is 16.5. The quantitative estimate of drug-likeness (QED) is 0.312. The SMILES string of the molecule is O=C(O)CN1CCN(CC(=O)O)CCN(Cc2cccc(=O)n2O)CCN(CC(=O)O)CC1. The molecule has 1 saturated heterocycles. The van der Waals surface area contributed by atoms with Gasteiger partial charge in [0.25, 0.3) is 5.56 Å². The molecule has 0 spiro atoms. The third-order valence-corrected chi connectivity index (χ3v) is 5.40. The molecule has 0 saturated carbocycles. The highest BCUT2D eigenvalue weighted by Crippen LogP contribution is 2.05. The van der Waals surface area contributed by atoms with Gasteiger partial charge in [0.15, 0.2) is 0 Å². The Morgan fingerprint density at radius 2 is 1.03 bits per heavy atom. The summed E-state index contributed by atoms with van der Waals surface area (Å²) < 4.78 is 0.559. The number of carbonyl (C=O) groups is 3. The van der Waals surface area contributed by atoms with E-state index in [0.717, 1.165) is 0 Å². The first-order valence-electron chi connectivity index (χ1n) is 10.6. The van der Waals surface area contributed by atoms with Crippen molar-refractivity contribution >= 4 is 17.9 Å². The largest absolute Gasteiger partial charge is 0.480 e. The topological polar surface area (TPSA) is 167 Å². The van der Waals surface area contributed by atoms with Crippen molar-refractivity contribution in [2.45, 2.75) is 6.54 Å². The summed E-state index contributed by atoms with van der Waals surface area (Å²) in [6.45, 7) is 2.34. The second-order valence-corrected chi connectivity index (χ2v) is 7.95. The lowest BCUT2D eigenvalue weighted by molar-refractivity contribution is -0.140. The lowest BCUT2D eigenvalue weighted by Crippen LogP contribution is -2.48. The first kappa shape index (κ1) is 26.3. The first-order chi connectivity index (χ1) is 15.6. The molecule has 0 unspecified atom stereocenters. The fraction of sp³-hybridized carbons (Fsp3) is 0.600. The van der Waals surface area contributed by atoms with Gasteiger partial charge in [0.05, 0.1) is 25.3 Å². The van der Waals surface area contributed by atoms with Crippen molar-refractivity contribution in [3.63, 3.8) is 0 Å². The Balaban J connectivity index is 2.21. The number of nitrogens with zero attached hydrogens (tertiary/aromatic N) is 5. The molecule has 0 radical (unpaired) electrons. The lowest BCUT2D eigenvalue weighted by atomic mass is 10.3. The van der Waals surface area contributed by atoms with Crippen molar-refractivity contribution < 1.29 is 34.9 Å². The molecule has 184 valence electrons. The minimum absolute atomic E-state index is 0.208. The van der Waals surface area contributed by atoms with E-state index in [1.807, 2.05) is 4.90 Å². The van der Waals surface area contributed by atoms with E-state index in [9.17, 15) is 39.7 Å². The molecule has 2 rings (SSSR count). The number of carboxylic acid groups (broad SMARTS) is 3. The van der Waals surface area contributed by atoms with Crippen LogP contribution in [-0.2, 0) is 20.9 Å². The zero-order valence-electron chi connectivity index (χ0n) is 18.4. The average molecular weight is 469 g/mol. The molecule has 0 aliphatic carbocycles. The summed E-state index contributed by atoms with van der Waals surface area (Å²) in [4.78, 5) is 52.6. The molecule has 1 aromatic heterocycles. The molecule has 1 aromatic rings. The van der Waals surface area contributed by atoms with E-state index >= 15 is 0 Å². The van der Waals surface area contributed by atoms with Gasteiger partial charge in [-0.1, -0.05) is 6.07 Å². The van der Waals surface area contributed by atoms with Crippen LogP contribution in [0.15, 0.2) is 23.0 Å². The number of aliphatic carboxylic acids is 3. The number of carboxylic acids is 3. The fourth-order valence-corrected chi connectivity index (χ4v) is 3.66.